The van der Waals surface area contributed by atoms with Crippen molar-refractivity contribution < 1.29 is 9.15 Å². The summed E-state index contributed by atoms with van der Waals surface area (Å²) in [6, 6.07) is 20.4. The fraction of sp³-hybridized carbons (Fsp3) is 0.208. The highest BCUT2D eigenvalue weighted by molar-refractivity contribution is 5.54. The van der Waals surface area contributed by atoms with Gasteiger partial charge in [-0.3, -0.25) is 0 Å². The quantitative estimate of drug-likeness (QED) is 0.430. The van der Waals surface area contributed by atoms with Gasteiger partial charge in [0.25, 0.3) is 0 Å². The molecule has 0 atom stereocenters. The Bertz CT molecular complexity index is 1110. The van der Waals surface area contributed by atoms with Gasteiger partial charge in [0, 0.05) is 30.2 Å². The molecule has 0 N–H and O–H groups in total. The van der Waals surface area contributed by atoms with Crippen LogP contribution in [0.25, 0.3) is 11.5 Å². The summed E-state index contributed by atoms with van der Waals surface area (Å²) in [7, 11) is 0. The van der Waals surface area contributed by atoms with E-state index in [1.54, 1.807) is 19.2 Å². The molecule has 5 heteroatoms. The number of benzene rings is 2. The molecule has 0 spiro atoms. The second-order valence-corrected chi connectivity index (χ2v) is 7.63. The van der Waals surface area contributed by atoms with Gasteiger partial charge in [-0.25, -0.2) is 4.98 Å². The molecule has 0 amide bonds. The normalized spacial score (nSPS) is 11.4. The van der Waals surface area contributed by atoms with Gasteiger partial charge in [-0.15, -0.1) is 10.2 Å². The largest absolute Gasteiger partial charge is 0.439 e. The van der Waals surface area contributed by atoms with E-state index in [1.165, 1.54) is 16.7 Å². The third kappa shape index (κ3) is 4.04. The molecular formula is C24H23N3O2. The van der Waals surface area contributed by atoms with Crippen molar-refractivity contribution in [2.24, 2.45) is 0 Å². The van der Waals surface area contributed by atoms with Crippen molar-refractivity contribution >= 4 is 0 Å². The minimum atomic E-state index is -0.0970. The number of rotatable bonds is 5. The number of aromatic nitrogens is 3. The maximum Gasteiger partial charge on any atom is 0.247 e. The molecule has 0 saturated heterocycles. The standard InChI is InChI=1S/C24H23N3O2/c1-16-5-7-19(8-6-16)24(3,4)20-9-11-21(12-10-20)29-22-15-18(13-14-25-22)23-27-26-17(2)28-23/h5-15H,1-4H3. The summed E-state index contributed by atoms with van der Waals surface area (Å²) < 4.78 is 11.4. The Labute approximate surface area is 170 Å². The first-order valence-electron chi connectivity index (χ1n) is 9.54. The van der Waals surface area contributed by atoms with E-state index in [0.717, 1.165) is 11.3 Å². The van der Waals surface area contributed by atoms with Crippen LogP contribution in [0.15, 0.2) is 71.3 Å². The van der Waals surface area contributed by atoms with Crippen molar-refractivity contribution in [2.75, 3.05) is 0 Å². The van der Waals surface area contributed by atoms with E-state index in [9.17, 15) is 0 Å². The number of aryl methyl sites for hydroxylation is 2. The fourth-order valence-electron chi connectivity index (χ4n) is 3.21. The lowest BCUT2D eigenvalue weighted by Crippen LogP contribution is -2.18. The highest BCUT2D eigenvalue weighted by Crippen LogP contribution is 2.33. The maximum absolute atomic E-state index is 5.94. The minimum Gasteiger partial charge on any atom is -0.439 e. The molecule has 2 heterocycles. The SMILES string of the molecule is Cc1ccc(C(C)(C)c2ccc(Oc3cc(-c4nnc(C)o4)ccn3)cc2)cc1. The number of pyridine rings is 1. The first-order chi connectivity index (χ1) is 13.9. The Morgan fingerprint density at radius 1 is 0.828 bits per heavy atom. The number of nitrogens with zero attached hydrogens (tertiary/aromatic N) is 3. The molecule has 0 unspecified atom stereocenters. The van der Waals surface area contributed by atoms with Crippen LogP contribution in [0.4, 0.5) is 0 Å². The van der Waals surface area contributed by atoms with Crippen LogP contribution in [0.2, 0.25) is 0 Å². The first kappa shape index (κ1) is 18.9. The summed E-state index contributed by atoms with van der Waals surface area (Å²) in [5.41, 5.74) is 4.43. The van der Waals surface area contributed by atoms with Gasteiger partial charge < -0.3 is 9.15 Å². The van der Waals surface area contributed by atoms with Gasteiger partial charge in [-0.2, -0.15) is 0 Å². The molecule has 0 fully saturated rings. The van der Waals surface area contributed by atoms with Gasteiger partial charge in [0.2, 0.25) is 17.7 Å². The van der Waals surface area contributed by atoms with Crippen molar-refractivity contribution in [3.8, 4) is 23.1 Å². The van der Waals surface area contributed by atoms with Crippen LogP contribution in [0.1, 0.15) is 36.4 Å². The molecule has 4 rings (SSSR count). The molecule has 2 aromatic heterocycles. The molecule has 0 aliphatic rings. The smallest absolute Gasteiger partial charge is 0.247 e. The third-order valence-electron chi connectivity index (χ3n) is 5.08. The average Bonchev–Trinajstić information content (AvgIpc) is 3.15. The van der Waals surface area contributed by atoms with E-state index in [4.69, 9.17) is 9.15 Å². The van der Waals surface area contributed by atoms with Gasteiger partial charge in [0.15, 0.2) is 0 Å². The van der Waals surface area contributed by atoms with E-state index in [0.29, 0.717) is 17.7 Å². The van der Waals surface area contributed by atoms with Gasteiger partial charge in [0.05, 0.1) is 0 Å². The Kier molecular flexibility index (Phi) is 4.89. The zero-order valence-electron chi connectivity index (χ0n) is 17.0. The second-order valence-electron chi connectivity index (χ2n) is 7.63. The van der Waals surface area contributed by atoms with E-state index in [1.807, 2.05) is 18.2 Å². The zero-order valence-corrected chi connectivity index (χ0v) is 17.0. The minimum absolute atomic E-state index is 0.0970. The summed E-state index contributed by atoms with van der Waals surface area (Å²) in [4.78, 5) is 4.28. The Hall–Kier alpha value is -3.47. The molecule has 5 nitrogen and oxygen atoms in total. The molecule has 29 heavy (non-hydrogen) atoms. The molecule has 0 aliphatic carbocycles. The van der Waals surface area contributed by atoms with Crippen LogP contribution >= 0.6 is 0 Å². The van der Waals surface area contributed by atoms with E-state index in [2.05, 4.69) is 72.4 Å². The van der Waals surface area contributed by atoms with Crippen molar-refractivity contribution in [1.82, 2.24) is 15.2 Å². The van der Waals surface area contributed by atoms with E-state index in [-0.39, 0.29) is 5.41 Å². The molecule has 0 saturated carbocycles. The van der Waals surface area contributed by atoms with Crippen LogP contribution in [-0.4, -0.2) is 15.2 Å². The molecule has 4 aromatic rings. The summed E-state index contributed by atoms with van der Waals surface area (Å²) in [6.07, 6.45) is 1.67. The van der Waals surface area contributed by atoms with Crippen LogP contribution in [0, 0.1) is 13.8 Å². The number of ether oxygens (including phenoxy) is 1. The average molecular weight is 385 g/mol. The maximum atomic E-state index is 5.94. The predicted octanol–water partition coefficient (Wildman–Crippen LogP) is 5.87. The highest BCUT2D eigenvalue weighted by Gasteiger charge is 2.23. The third-order valence-corrected chi connectivity index (χ3v) is 5.08. The van der Waals surface area contributed by atoms with Crippen molar-refractivity contribution in [2.45, 2.75) is 33.1 Å². The molecular weight excluding hydrogens is 362 g/mol. The van der Waals surface area contributed by atoms with Gasteiger partial charge in [0.1, 0.15) is 5.75 Å². The first-order valence-corrected chi connectivity index (χ1v) is 9.54. The lowest BCUT2D eigenvalue weighted by molar-refractivity contribution is 0.462. The number of hydrogen-bond donors (Lipinski definition) is 0. The summed E-state index contributed by atoms with van der Waals surface area (Å²) in [5.74, 6) is 2.17. The topological polar surface area (TPSA) is 61.0 Å². The zero-order chi connectivity index (χ0) is 20.4. The van der Waals surface area contributed by atoms with E-state index >= 15 is 0 Å². The van der Waals surface area contributed by atoms with Crippen molar-refractivity contribution in [1.29, 1.82) is 0 Å². The van der Waals surface area contributed by atoms with Crippen molar-refractivity contribution in [3.05, 3.63) is 89.4 Å². The Morgan fingerprint density at radius 2 is 1.48 bits per heavy atom. The molecule has 2 aromatic carbocycles. The Morgan fingerprint density at radius 3 is 2.10 bits per heavy atom. The summed E-state index contributed by atoms with van der Waals surface area (Å²) >= 11 is 0. The molecule has 0 bridgehead atoms. The monoisotopic (exact) mass is 385 g/mol. The molecule has 0 radical (unpaired) electrons. The Balaban J connectivity index is 1.53. The predicted molar refractivity (Wildman–Crippen MR) is 112 cm³/mol. The lowest BCUT2D eigenvalue weighted by atomic mass is 9.78. The van der Waals surface area contributed by atoms with Crippen LogP contribution in [-0.2, 0) is 5.41 Å². The van der Waals surface area contributed by atoms with E-state index < -0.39 is 0 Å². The highest BCUT2D eigenvalue weighted by atomic mass is 16.5. The van der Waals surface area contributed by atoms with Crippen LogP contribution in [0.5, 0.6) is 11.6 Å². The molecule has 0 aliphatic heterocycles. The lowest BCUT2D eigenvalue weighted by Gasteiger charge is -2.26. The summed E-state index contributed by atoms with van der Waals surface area (Å²) in [5, 5.41) is 7.90. The van der Waals surface area contributed by atoms with Gasteiger partial charge in [-0.05, 0) is 36.2 Å². The van der Waals surface area contributed by atoms with Gasteiger partial charge in [-0.1, -0.05) is 55.8 Å². The number of hydrogen-bond acceptors (Lipinski definition) is 5. The van der Waals surface area contributed by atoms with Crippen molar-refractivity contribution in [3.63, 3.8) is 0 Å². The van der Waals surface area contributed by atoms with Gasteiger partial charge >= 0.3 is 0 Å². The fourth-order valence-corrected chi connectivity index (χ4v) is 3.21. The second kappa shape index (κ2) is 7.51. The van der Waals surface area contributed by atoms with Crippen LogP contribution in [0.3, 0.4) is 0 Å². The molecule has 146 valence electrons. The summed E-state index contributed by atoms with van der Waals surface area (Å²) in [6.45, 7) is 8.32. The van der Waals surface area contributed by atoms with Crippen LogP contribution < -0.4 is 4.74 Å².